The standard InChI is InChI=1S/C13H13NOSe/c15-9-12-7-4-8-14-13(12)16-10-11-5-2-1-3-6-11/h1-8,15H,9-10H2. The maximum absolute atomic E-state index is 9.19. The summed E-state index contributed by atoms with van der Waals surface area (Å²) in [6.07, 6.45) is 1.79. The van der Waals surface area contributed by atoms with E-state index in [-0.39, 0.29) is 6.61 Å². The fourth-order valence-corrected chi connectivity index (χ4v) is 3.39. The molecule has 0 atom stereocenters. The molecule has 0 aliphatic carbocycles. The minimum atomic E-state index is 0.0830. The number of benzene rings is 1. The molecular weight excluding hydrogens is 265 g/mol. The third kappa shape index (κ3) is 2.92. The summed E-state index contributed by atoms with van der Waals surface area (Å²) in [6, 6.07) is 14.2. The summed E-state index contributed by atoms with van der Waals surface area (Å²) >= 11 is 0.292. The van der Waals surface area contributed by atoms with Crippen molar-refractivity contribution in [2.45, 2.75) is 11.9 Å². The van der Waals surface area contributed by atoms with Gasteiger partial charge in [-0.25, -0.2) is 0 Å². The maximum atomic E-state index is 9.19. The molecule has 0 fully saturated rings. The molecule has 2 nitrogen and oxygen atoms in total. The van der Waals surface area contributed by atoms with Crippen molar-refractivity contribution in [1.29, 1.82) is 0 Å². The monoisotopic (exact) mass is 279 g/mol. The van der Waals surface area contributed by atoms with Crippen molar-refractivity contribution in [2.75, 3.05) is 0 Å². The van der Waals surface area contributed by atoms with Gasteiger partial charge < -0.3 is 0 Å². The van der Waals surface area contributed by atoms with E-state index in [1.807, 2.05) is 18.2 Å². The molecule has 1 aromatic heterocycles. The van der Waals surface area contributed by atoms with Gasteiger partial charge in [-0.2, -0.15) is 0 Å². The summed E-state index contributed by atoms with van der Waals surface area (Å²) in [5, 5.41) is 10.2. The second-order valence-electron chi connectivity index (χ2n) is 3.40. The van der Waals surface area contributed by atoms with Crippen LogP contribution >= 0.6 is 0 Å². The van der Waals surface area contributed by atoms with Gasteiger partial charge >= 0.3 is 101 Å². The summed E-state index contributed by atoms with van der Waals surface area (Å²) in [7, 11) is 0. The first-order valence-electron chi connectivity index (χ1n) is 5.11. The molecule has 0 unspecified atom stereocenters. The minimum absolute atomic E-state index is 0.0830. The Morgan fingerprint density at radius 3 is 2.62 bits per heavy atom. The van der Waals surface area contributed by atoms with Crippen molar-refractivity contribution in [1.82, 2.24) is 4.98 Å². The Bertz CT molecular complexity index is 445. The third-order valence-electron chi connectivity index (χ3n) is 2.24. The number of aromatic nitrogens is 1. The number of nitrogens with zero attached hydrogens (tertiary/aromatic N) is 1. The Hall–Kier alpha value is -1.15. The molecule has 2 aromatic rings. The Kier molecular flexibility index (Phi) is 4.11. The van der Waals surface area contributed by atoms with E-state index < -0.39 is 0 Å². The molecule has 16 heavy (non-hydrogen) atoms. The van der Waals surface area contributed by atoms with E-state index in [4.69, 9.17) is 0 Å². The van der Waals surface area contributed by atoms with Gasteiger partial charge in [0.05, 0.1) is 0 Å². The molecule has 1 aromatic carbocycles. The molecular formula is C13H13NOSe. The number of aliphatic hydroxyl groups is 1. The fourth-order valence-electron chi connectivity index (χ4n) is 1.40. The molecule has 0 aliphatic rings. The van der Waals surface area contributed by atoms with Crippen LogP contribution in [0.4, 0.5) is 0 Å². The first-order chi connectivity index (χ1) is 7.90. The third-order valence-corrected chi connectivity index (χ3v) is 4.59. The Balaban J connectivity index is 2.05. The number of pyridine rings is 1. The van der Waals surface area contributed by atoms with Crippen LogP contribution in [-0.2, 0) is 11.9 Å². The van der Waals surface area contributed by atoms with Gasteiger partial charge in [-0.05, 0) is 0 Å². The van der Waals surface area contributed by atoms with Crippen LogP contribution in [0.2, 0.25) is 0 Å². The van der Waals surface area contributed by atoms with E-state index >= 15 is 0 Å². The van der Waals surface area contributed by atoms with E-state index in [0.29, 0.717) is 15.0 Å². The molecule has 0 amide bonds. The van der Waals surface area contributed by atoms with Crippen LogP contribution < -0.4 is 4.59 Å². The molecule has 0 aliphatic heterocycles. The van der Waals surface area contributed by atoms with Crippen LogP contribution in [-0.4, -0.2) is 25.0 Å². The van der Waals surface area contributed by atoms with Crippen molar-refractivity contribution in [3.8, 4) is 0 Å². The van der Waals surface area contributed by atoms with Crippen LogP contribution in [0, 0.1) is 0 Å². The van der Waals surface area contributed by atoms with Crippen LogP contribution in [0.3, 0.4) is 0 Å². The quantitative estimate of drug-likeness (QED) is 0.850. The fraction of sp³-hybridized carbons (Fsp3) is 0.154. The number of rotatable bonds is 4. The van der Waals surface area contributed by atoms with E-state index in [1.165, 1.54) is 5.56 Å². The van der Waals surface area contributed by atoms with E-state index in [0.717, 1.165) is 15.5 Å². The van der Waals surface area contributed by atoms with Crippen LogP contribution in [0.25, 0.3) is 0 Å². The zero-order chi connectivity index (χ0) is 11.2. The number of hydrogen-bond donors (Lipinski definition) is 1. The summed E-state index contributed by atoms with van der Waals surface area (Å²) in [5.74, 6) is 0. The first-order valence-corrected chi connectivity index (χ1v) is 7.18. The van der Waals surface area contributed by atoms with Gasteiger partial charge in [0.25, 0.3) is 0 Å². The van der Waals surface area contributed by atoms with Gasteiger partial charge in [0, 0.05) is 0 Å². The van der Waals surface area contributed by atoms with Gasteiger partial charge in [-0.15, -0.1) is 0 Å². The molecule has 1 heterocycles. The molecule has 2 rings (SSSR count). The van der Waals surface area contributed by atoms with Crippen LogP contribution in [0.1, 0.15) is 11.1 Å². The van der Waals surface area contributed by atoms with Gasteiger partial charge in [0.2, 0.25) is 0 Å². The second-order valence-corrected chi connectivity index (χ2v) is 5.42. The van der Waals surface area contributed by atoms with E-state index in [2.05, 4.69) is 29.2 Å². The molecule has 0 bridgehead atoms. The molecule has 0 spiro atoms. The molecule has 0 saturated heterocycles. The summed E-state index contributed by atoms with van der Waals surface area (Å²) < 4.78 is 1.06. The SMILES string of the molecule is OCc1cccnc1[Se]Cc1ccccc1. The van der Waals surface area contributed by atoms with Crippen molar-refractivity contribution in [3.05, 3.63) is 59.8 Å². The molecule has 1 N–H and O–H groups in total. The predicted molar refractivity (Wildman–Crippen MR) is 65.7 cm³/mol. The van der Waals surface area contributed by atoms with Crippen LogP contribution in [0.15, 0.2) is 48.7 Å². The zero-order valence-electron chi connectivity index (χ0n) is 8.84. The first kappa shape index (κ1) is 11.3. The van der Waals surface area contributed by atoms with Crippen molar-refractivity contribution >= 4 is 19.5 Å². The Morgan fingerprint density at radius 1 is 1.06 bits per heavy atom. The average molecular weight is 278 g/mol. The van der Waals surface area contributed by atoms with Crippen molar-refractivity contribution in [3.63, 3.8) is 0 Å². The molecule has 0 saturated carbocycles. The Morgan fingerprint density at radius 2 is 1.88 bits per heavy atom. The van der Waals surface area contributed by atoms with E-state index in [9.17, 15) is 5.11 Å². The zero-order valence-corrected chi connectivity index (χ0v) is 10.5. The summed E-state index contributed by atoms with van der Waals surface area (Å²) in [4.78, 5) is 4.33. The van der Waals surface area contributed by atoms with Gasteiger partial charge in [0.15, 0.2) is 0 Å². The molecule has 82 valence electrons. The van der Waals surface area contributed by atoms with Gasteiger partial charge in [0.1, 0.15) is 0 Å². The molecule has 0 radical (unpaired) electrons. The summed E-state index contributed by atoms with van der Waals surface area (Å²) in [5.41, 5.74) is 2.29. The van der Waals surface area contributed by atoms with Crippen LogP contribution in [0.5, 0.6) is 0 Å². The molecule has 3 heteroatoms. The second kappa shape index (κ2) is 5.80. The average Bonchev–Trinajstić information content (AvgIpc) is 2.38. The van der Waals surface area contributed by atoms with Gasteiger partial charge in [-0.3, -0.25) is 0 Å². The Labute approximate surface area is 102 Å². The number of hydrogen-bond acceptors (Lipinski definition) is 2. The predicted octanol–water partition coefficient (Wildman–Crippen LogP) is 1.10. The number of aliphatic hydroxyl groups excluding tert-OH is 1. The van der Waals surface area contributed by atoms with Gasteiger partial charge in [-0.1, -0.05) is 0 Å². The van der Waals surface area contributed by atoms with E-state index in [1.54, 1.807) is 6.20 Å². The van der Waals surface area contributed by atoms with Crippen molar-refractivity contribution < 1.29 is 5.11 Å². The topological polar surface area (TPSA) is 33.1 Å². The summed E-state index contributed by atoms with van der Waals surface area (Å²) in [6.45, 7) is 0.0830. The normalized spacial score (nSPS) is 10.3. The van der Waals surface area contributed by atoms with Crippen molar-refractivity contribution in [2.24, 2.45) is 0 Å².